The van der Waals surface area contributed by atoms with Crippen molar-refractivity contribution in [2.75, 3.05) is 5.32 Å². The molecule has 0 spiro atoms. The van der Waals surface area contributed by atoms with Crippen molar-refractivity contribution in [1.29, 1.82) is 0 Å². The Bertz CT molecular complexity index is 1050. The quantitative estimate of drug-likeness (QED) is 0.536. The van der Waals surface area contributed by atoms with Crippen LogP contribution in [0.5, 0.6) is 0 Å². The van der Waals surface area contributed by atoms with Gasteiger partial charge in [-0.05, 0) is 49.8 Å². The van der Waals surface area contributed by atoms with E-state index in [4.69, 9.17) is 0 Å². The standard InChI is InChI=1S/C24H28N4OS/c1-5-28-21(18-9-7-6-8-10-18)26-27-23(28)30-24(13-14-24)22(29)25-20-12-11-19(16(2)3)15-17(20)4/h6-12,15-16H,5,13-14H2,1-4H3,(H,25,29). The van der Waals surface area contributed by atoms with Gasteiger partial charge in [0.1, 0.15) is 4.75 Å². The molecular formula is C24H28N4OS. The van der Waals surface area contributed by atoms with Crippen LogP contribution in [0.2, 0.25) is 0 Å². The number of amides is 1. The van der Waals surface area contributed by atoms with Crippen molar-refractivity contribution >= 4 is 23.4 Å². The molecule has 1 heterocycles. The molecule has 0 radical (unpaired) electrons. The van der Waals surface area contributed by atoms with Gasteiger partial charge < -0.3 is 9.88 Å². The Morgan fingerprint density at radius 3 is 2.50 bits per heavy atom. The summed E-state index contributed by atoms with van der Waals surface area (Å²) in [6, 6.07) is 16.3. The van der Waals surface area contributed by atoms with Gasteiger partial charge in [0, 0.05) is 17.8 Å². The summed E-state index contributed by atoms with van der Waals surface area (Å²) in [5.74, 6) is 1.37. The van der Waals surface area contributed by atoms with Crippen molar-refractivity contribution in [2.45, 2.75) is 62.9 Å². The minimum atomic E-state index is -0.461. The van der Waals surface area contributed by atoms with Gasteiger partial charge in [0.15, 0.2) is 11.0 Å². The molecule has 30 heavy (non-hydrogen) atoms. The first-order valence-corrected chi connectivity index (χ1v) is 11.3. The second-order valence-corrected chi connectivity index (χ2v) is 9.55. The largest absolute Gasteiger partial charge is 0.325 e. The minimum absolute atomic E-state index is 0.0554. The molecular weight excluding hydrogens is 392 g/mol. The van der Waals surface area contributed by atoms with E-state index in [2.05, 4.69) is 53.0 Å². The van der Waals surface area contributed by atoms with Crippen LogP contribution in [0.4, 0.5) is 5.69 Å². The monoisotopic (exact) mass is 420 g/mol. The maximum atomic E-state index is 13.2. The lowest BCUT2D eigenvalue weighted by Gasteiger charge is -2.17. The number of anilines is 1. The van der Waals surface area contributed by atoms with Gasteiger partial charge in [-0.25, -0.2) is 0 Å². The van der Waals surface area contributed by atoms with Crippen LogP contribution in [-0.4, -0.2) is 25.4 Å². The zero-order valence-electron chi connectivity index (χ0n) is 18.0. The Labute approximate surface area is 182 Å². The number of carbonyl (C=O) groups excluding carboxylic acids is 1. The summed E-state index contributed by atoms with van der Waals surface area (Å²) in [7, 11) is 0. The molecule has 1 fully saturated rings. The van der Waals surface area contributed by atoms with Crippen LogP contribution in [0.1, 0.15) is 50.7 Å². The number of nitrogens with one attached hydrogen (secondary N) is 1. The van der Waals surface area contributed by atoms with E-state index in [1.54, 1.807) is 11.8 Å². The van der Waals surface area contributed by atoms with Gasteiger partial charge in [0.05, 0.1) is 0 Å². The van der Waals surface area contributed by atoms with Gasteiger partial charge in [0.2, 0.25) is 5.91 Å². The second-order valence-electron chi connectivity index (χ2n) is 8.20. The van der Waals surface area contributed by atoms with E-state index < -0.39 is 4.75 Å². The first kappa shape index (κ1) is 20.7. The fourth-order valence-corrected chi connectivity index (χ4v) is 4.74. The van der Waals surface area contributed by atoms with E-state index in [9.17, 15) is 4.79 Å². The maximum Gasteiger partial charge on any atom is 0.241 e. The summed E-state index contributed by atoms with van der Waals surface area (Å²) >= 11 is 1.54. The Morgan fingerprint density at radius 1 is 1.17 bits per heavy atom. The number of rotatable bonds is 7. The highest BCUT2D eigenvalue weighted by molar-refractivity contribution is 8.01. The molecule has 6 heteroatoms. The molecule has 156 valence electrons. The van der Waals surface area contributed by atoms with Crippen molar-refractivity contribution in [2.24, 2.45) is 0 Å². The Kier molecular flexibility index (Phi) is 5.69. The lowest BCUT2D eigenvalue weighted by Crippen LogP contribution is -2.27. The van der Waals surface area contributed by atoms with Gasteiger partial charge in [-0.2, -0.15) is 0 Å². The van der Waals surface area contributed by atoms with Crippen LogP contribution in [-0.2, 0) is 11.3 Å². The Balaban J connectivity index is 1.53. The first-order chi connectivity index (χ1) is 14.4. The first-order valence-electron chi connectivity index (χ1n) is 10.5. The van der Waals surface area contributed by atoms with Crippen LogP contribution < -0.4 is 5.32 Å². The van der Waals surface area contributed by atoms with Crippen LogP contribution in [0, 0.1) is 6.92 Å². The fraction of sp³-hybridized carbons (Fsp3) is 0.375. The number of aromatic nitrogens is 3. The molecule has 1 aromatic heterocycles. The molecule has 1 aliphatic carbocycles. The highest BCUT2D eigenvalue weighted by Gasteiger charge is 2.52. The normalized spacial score (nSPS) is 14.7. The number of aryl methyl sites for hydroxylation is 1. The lowest BCUT2D eigenvalue weighted by molar-refractivity contribution is -0.116. The Morgan fingerprint density at radius 2 is 1.90 bits per heavy atom. The fourth-order valence-electron chi connectivity index (χ4n) is 3.54. The highest BCUT2D eigenvalue weighted by Crippen LogP contribution is 2.52. The summed E-state index contributed by atoms with van der Waals surface area (Å²) < 4.78 is 1.63. The zero-order chi connectivity index (χ0) is 21.3. The molecule has 1 amide bonds. The van der Waals surface area contributed by atoms with Gasteiger partial charge in [-0.1, -0.05) is 68.1 Å². The van der Waals surface area contributed by atoms with Crippen LogP contribution in [0.15, 0.2) is 53.7 Å². The molecule has 0 unspecified atom stereocenters. The molecule has 2 aromatic carbocycles. The SMILES string of the molecule is CCn1c(SC2(C(=O)Nc3ccc(C(C)C)cc3C)CC2)nnc1-c1ccccc1. The minimum Gasteiger partial charge on any atom is -0.325 e. The smallest absolute Gasteiger partial charge is 0.241 e. The van der Waals surface area contributed by atoms with E-state index >= 15 is 0 Å². The third-order valence-electron chi connectivity index (χ3n) is 5.63. The molecule has 0 bridgehead atoms. The lowest BCUT2D eigenvalue weighted by atomic mass is 10.0. The highest BCUT2D eigenvalue weighted by atomic mass is 32.2. The van der Waals surface area contributed by atoms with Crippen molar-refractivity contribution in [3.63, 3.8) is 0 Å². The summed E-state index contributed by atoms with van der Waals surface area (Å²) in [6.07, 6.45) is 1.70. The predicted octanol–water partition coefficient (Wildman–Crippen LogP) is 5.66. The van der Waals surface area contributed by atoms with E-state index in [1.165, 1.54) is 5.56 Å². The predicted molar refractivity (Wildman–Crippen MR) is 123 cm³/mol. The number of hydrogen-bond donors (Lipinski definition) is 1. The van der Waals surface area contributed by atoms with Gasteiger partial charge in [-0.3, -0.25) is 4.79 Å². The van der Waals surface area contributed by atoms with Gasteiger partial charge in [-0.15, -0.1) is 10.2 Å². The average Bonchev–Trinajstić information content (AvgIpc) is 3.42. The van der Waals surface area contributed by atoms with Gasteiger partial charge in [0.25, 0.3) is 0 Å². The molecule has 4 rings (SSSR count). The van der Waals surface area contributed by atoms with Crippen molar-refractivity contribution in [1.82, 2.24) is 14.8 Å². The summed E-state index contributed by atoms with van der Waals surface area (Å²) in [6.45, 7) is 9.24. The van der Waals surface area contributed by atoms with E-state index in [0.717, 1.165) is 47.2 Å². The van der Waals surface area contributed by atoms with Crippen molar-refractivity contribution < 1.29 is 4.79 Å². The number of nitrogens with zero attached hydrogens (tertiary/aromatic N) is 3. The molecule has 0 aliphatic heterocycles. The number of hydrogen-bond acceptors (Lipinski definition) is 4. The average molecular weight is 421 g/mol. The molecule has 3 aromatic rings. The van der Waals surface area contributed by atoms with Gasteiger partial charge >= 0.3 is 0 Å². The molecule has 1 N–H and O–H groups in total. The second kappa shape index (κ2) is 8.26. The van der Waals surface area contributed by atoms with Crippen molar-refractivity contribution in [3.8, 4) is 11.4 Å². The molecule has 0 saturated heterocycles. The summed E-state index contributed by atoms with van der Waals surface area (Å²) in [5, 5.41) is 12.8. The molecule has 0 atom stereocenters. The summed E-state index contributed by atoms with van der Waals surface area (Å²) in [4.78, 5) is 13.2. The van der Waals surface area contributed by atoms with Crippen LogP contribution in [0.25, 0.3) is 11.4 Å². The molecule has 5 nitrogen and oxygen atoms in total. The van der Waals surface area contributed by atoms with Crippen LogP contribution >= 0.6 is 11.8 Å². The van der Waals surface area contributed by atoms with Crippen LogP contribution in [0.3, 0.4) is 0 Å². The number of thioether (sulfide) groups is 1. The third kappa shape index (κ3) is 4.01. The number of benzene rings is 2. The maximum absolute atomic E-state index is 13.2. The third-order valence-corrected chi connectivity index (χ3v) is 7.10. The summed E-state index contributed by atoms with van der Waals surface area (Å²) in [5.41, 5.74) is 4.30. The zero-order valence-corrected chi connectivity index (χ0v) is 18.8. The number of carbonyl (C=O) groups is 1. The van der Waals surface area contributed by atoms with E-state index in [-0.39, 0.29) is 5.91 Å². The molecule has 1 saturated carbocycles. The Hall–Kier alpha value is -2.60. The van der Waals surface area contributed by atoms with Crippen molar-refractivity contribution in [3.05, 3.63) is 59.7 Å². The van der Waals surface area contributed by atoms with E-state index in [0.29, 0.717) is 5.92 Å². The molecule has 1 aliphatic rings. The van der Waals surface area contributed by atoms with E-state index in [1.807, 2.05) is 43.3 Å². The topological polar surface area (TPSA) is 59.8 Å².